The van der Waals surface area contributed by atoms with E-state index in [0.717, 1.165) is 29.4 Å². The summed E-state index contributed by atoms with van der Waals surface area (Å²) in [6.07, 6.45) is 0.817. The van der Waals surface area contributed by atoms with Crippen LogP contribution in [0.15, 0.2) is 36.4 Å². The van der Waals surface area contributed by atoms with Gasteiger partial charge in [0.1, 0.15) is 11.6 Å². The Bertz CT molecular complexity index is 664. The number of fused-ring (bicyclic) bond motifs is 1. The molecule has 0 bridgehead atoms. The highest BCUT2D eigenvalue weighted by Crippen LogP contribution is 2.31. The van der Waals surface area contributed by atoms with Crippen molar-refractivity contribution in [1.29, 1.82) is 0 Å². The molecule has 0 amide bonds. The highest BCUT2D eigenvalue weighted by atomic mass is 19.1. The lowest BCUT2D eigenvalue weighted by Crippen LogP contribution is -1.97. The molecule has 3 nitrogen and oxygen atoms in total. The van der Waals surface area contributed by atoms with Crippen LogP contribution in [-0.2, 0) is 6.42 Å². The highest BCUT2D eigenvalue weighted by Gasteiger charge is 2.15. The summed E-state index contributed by atoms with van der Waals surface area (Å²) in [6, 6.07) is 9.44. The van der Waals surface area contributed by atoms with Crippen molar-refractivity contribution in [3.8, 4) is 16.9 Å². The number of carboxylic acids is 1. The number of carbonyl (C=O) groups is 1. The number of ether oxygens (including phenoxy) is 1. The standard InChI is InChI=1S/C15H11FO3/c16-13-8-11(15(17)18)1-3-12(13)9-2-4-14-10(7-9)5-6-19-14/h1-4,7-8H,5-6H2,(H,17,18). The fourth-order valence-electron chi connectivity index (χ4n) is 2.24. The third-order valence-electron chi connectivity index (χ3n) is 3.22. The minimum absolute atomic E-state index is 0.0502. The van der Waals surface area contributed by atoms with E-state index in [2.05, 4.69) is 0 Å². The van der Waals surface area contributed by atoms with E-state index < -0.39 is 11.8 Å². The summed E-state index contributed by atoms with van der Waals surface area (Å²) in [6.45, 7) is 0.652. The van der Waals surface area contributed by atoms with Gasteiger partial charge in [0.2, 0.25) is 0 Å². The molecule has 0 atom stereocenters. The van der Waals surface area contributed by atoms with E-state index in [1.807, 2.05) is 12.1 Å². The van der Waals surface area contributed by atoms with E-state index in [-0.39, 0.29) is 5.56 Å². The van der Waals surface area contributed by atoms with Crippen molar-refractivity contribution in [2.75, 3.05) is 6.61 Å². The Morgan fingerprint density at radius 3 is 2.79 bits per heavy atom. The van der Waals surface area contributed by atoms with Crippen molar-refractivity contribution in [2.45, 2.75) is 6.42 Å². The zero-order valence-corrected chi connectivity index (χ0v) is 10.0. The van der Waals surface area contributed by atoms with Crippen LogP contribution in [0.2, 0.25) is 0 Å². The topological polar surface area (TPSA) is 46.5 Å². The molecule has 4 heteroatoms. The van der Waals surface area contributed by atoms with E-state index >= 15 is 0 Å². The lowest BCUT2D eigenvalue weighted by Gasteiger charge is -2.06. The molecule has 0 saturated carbocycles. The van der Waals surface area contributed by atoms with Crippen LogP contribution in [0.3, 0.4) is 0 Å². The molecule has 96 valence electrons. The Morgan fingerprint density at radius 2 is 2.05 bits per heavy atom. The maximum atomic E-state index is 14.0. The van der Waals surface area contributed by atoms with Gasteiger partial charge in [-0.2, -0.15) is 0 Å². The fourth-order valence-corrected chi connectivity index (χ4v) is 2.24. The minimum Gasteiger partial charge on any atom is -0.493 e. The van der Waals surface area contributed by atoms with Gasteiger partial charge in [-0.15, -0.1) is 0 Å². The predicted molar refractivity (Wildman–Crippen MR) is 68.0 cm³/mol. The van der Waals surface area contributed by atoms with Gasteiger partial charge in [-0.25, -0.2) is 9.18 Å². The molecular weight excluding hydrogens is 247 g/mol. The van der Waals surface area contributed by atoms with E-state index in [1.54, 1.807) is 6.07 Å². The summed E-state index contributed by atoms with van der Waals surface area (Å²) >= 11 is 0. The fraction of sp³-hybridized carbons (Fsp3) is 0.133. The Labute approximate surface area is 109 Å². The Balaban J connectivity index is 2.05. The molecule has 0 fully saturated rings. The quantitative estimate of drug-likeness (QED) is 0.900. The molecule has 0 radical (unpaired) electrons. The van der Waals surface area contributed by atoms with E-state index in [9.17, 15) is 9.18 Å². The summed E-state index contributed by atoms with van der Waals surface area (Å²) in [4.78, 5) is 10.8. The highest BCUT2D eigenvalue weighted by molar-refractivity contribution is 5.88. The van der Waals surface area contributed by atoms with E-state index in [0.29, 0.717) is 12.2 Å². The second-order valence-corrected chi connectivity index (χ2v) is 4.42. The van der Waals surface area contributed by atoms with Gasteiger partial charge >= 0.3 is 5.97 Å². The molecule has 0 spiro atoms. The average molecular weight is 258 g/mol. The van der Waals surface area contributed by atoms with Gasteiger partial charge < -0.3 is 9.84 Å². The van der Waals surface area contributed by atoms with Crippen LogP contribution >= 0.6 is 0 Å². The molecule has 1 aliphatic heterocycles. The molecule has 1 heterocycles. The first-order chi connectivity index (χ1) is 9.15. The second kappa shape index (κ2) is 4.39. The number of carboxylic acid groups (broad SMARTS) is 1. The molecule has 0 unspecified atom stereocenters. The summed E-state index contributed by atoms with van der Waals surface area (Å²) in [5.41, 5.74) is 2.14. The first-order valence-electron chi connectivity index (χ1n) is 5.94. The van der Waals surface area contributed by atoms with Crippen molar-refractivity contribution in [2.24, 2.45) is 0 Å². The van der Waals surface area contributed by atoms with E-state index in [1.165, 1.54) is 12.1 Å². The molecule has 19 heavy (non-hydrogen) atoms. The molecule has 3 rings (SSSR count). The summed E-state index contributed by atoms with van der Waals surface area (Å²) in [5, 5.41) is 8.81. The van der Waals surface area contributed by atoms with Crippen LogP contribution < -0.4 is 4.74 Å². The van der Waals surface area contributed by atoms with Crippen LogP contribution in [0.4, 0.5) is 4.39 Å². The maximum absolute atomic E-state index is 14.0. The number of hydrogen-bond donors (Lipinski definition) is 1. The number of hydrogen-bond acceptors (Lipinski definition) is 2. The third kappa shape index (κ3) is 2.05. The number of halogens is 1. The van der Waals surface area contributed by atoms with Crippen molar-refractivity contribution < 1.29 is 19.0 Å². The smallest absolute Gasteiger partial charge is 0.335 e. The second-order valence-electron chi connectivity index (χ2n) is 4.42. The Hall–Kier alpha value is -2.36. The molecule has 1 N–H and O–H groups in total. The lowest BCUT2D eigenvalue weighted by atomic mass is 10.00. The Morgan fingerprint density at radius 1 is 1.21 bits per heavy atom. The molecule has 0 aromatic heterocycles. The van der Waals surface area contributed by atoms with Gasteiger partial charge in [-0.05, 0) is 35.4 Å². The lowest BCUT2D eigenvalue weighted by molar-refractivity contribution is 0.0696. The van der Waals surface area contributed by atoms with Crippen molar-refractivity contribution >= 4 is 5.97 Å². The largest absolute Gasteiger partial charge is 0.493 e. The maximum Gasteiger partial charge on any atom is 0.335 e. The average Bonchev–Trinajstić information content (AvgIpc) is 2.85. The summed E-state index contributed by atoms with van der Waals surface area (Å²) in [5.74, 6) is -0.821. The van der Waals surface area contributed by atoms with Gasteiger partial charge in [0, 0.05) is 12.0 Å². The number of benzene rings is 2. The number of aromatic carboxylic acids is 1. The first-order valence-corrected chi connectivity index (χ1v) is 5.94. The first kappa shape index (κ1) is 11.7. The molecular formula is C15H11FO3. The molecule has 1 aliphatic rings. The van der Waals surface area contributed by atoms with Crippen LogP contribution in [-0.4, -0.2) is 17.7 Å². The molecule has 0 aliphatic carbocycles. The minimum atomic E-state index is -1.13. The van der Waals surface area contributed by atoms with Gasteiger partial charge in [0.15, 0.2) is 0 Å². The normalized spacial score (nSPS) is 12.9. The van der Waals surface area contributed by atoms with Crippen LogP contribution in [0.5, 0.6) is 5.75 Å². The van der Waals surface area contributed by atoms with Gasteiger partial charge in [-0.1, -0.05) is 12.1 Å². The molecule has 2 aromatic rings. The number of rotatable bonds is 2. The van der Waals surface area contributed by atoms with Crippen molar-refractivity contribution in [3.63, 3.8) is 0 Å². The van der Waals surface area contributed by atoms with Gasteiger partial charge in [0.05, 0.1) is 12.2 Å². The zero-order chi connectivity index (χ0) is 13.4. The summed E-state index contributed by atoms with van der Waals surface area (Å²) < 4.78 is 19.4. The predicted octanol–water partition coefficient (Wildman–Crippen LogP) is 3.13. The van der Waals surface area contributed by atoms with Crippen molar-refractivity contribution in [3.05, 3.63) is 53.3 Å². The van der Waals surface area contributed by atoms with Gasteiger partial charge in [0.25, 0.3) is 0 Å². The Kier molecular flexibility index (Phi) is 2.71. The van der Waals surface area contributed by atoms with Crippen molar-refractivity contribution in [1.82, 2.24) is 0 Å². The van der Waals surface area contributed by atoms with Gasteiger partial charge in [-0.3, -0.25) is 0 Å². The molecule has 0 saturated heterocycles. The SMILES string of the molecule is O=C(O)c1ccc(-c2ccc3c(c2)CCO3)c(F)c1. The van der Waals surface area contributed by atoms with Crippen LogP contribution in [0, 0.1) is 5.82 Å². The summed E-state index contributed by atoms with van der Waals surface area (Å²) in [7, 11) is 0. The van der Waals surface area contributed by atoms with E-state index in [4.69, 9.17) is 9.84 Å². The zero-order valence-electron chi connectivity index (χ0n) is 10.0. The monoisotopic (exact) mass is 258 g/mol. The van der Waals surface area contributed by atoms with Crippen LogP contribution in [0.1, 0.15) is 15.9 Å². The van der Waals surface area contributed by atoms with Crippen LogP contribution in [0.25, 0.3) is 11.1 Å². The molecule has 2 aromatic carbocycles. The third-order valence-corrected chi connectivity index (χ3v) is 3.22.